The van der Waals surface area contributed by atoms with Crippen molar-refractivity contribution in [3.63, 3.8) is 0 Å². The molecule has 7 heteroatoms. The van der Waals surface area contributed by atoms with Gasteiger partial charge in [-0.1, -0.05) is 19.8 Å². The molecule has 25 heavy (non-hydrogen) atoms. The highest BCUT2D eigenvalue weighted by Crippen LogP contribution is 2.48. The quantitative estimate of drug-likeness (QED) is 0.859. The number of thiazole rings is 1. The van der Waals surface area contributed by atoms with Gasteiger partial charge in [0.1, 0.15) is 5.69 Å². The Kier molecular flexibility index (Phi) is 5.16. The molecule has 138 valence electrons. The van der Waals surface area contributed by atoms with Crippen molar-refractivity contribution in [2.24, 2.45) is 5.41 Å². The molecule has 1 saturated heterocycles. The molecule has 0 radical (unpaired) electrons. The van der Waals surface area contributed by atoms with Gasteiger partial charge in [0.05, 0.1) is 17.2 Å². The summed E-state index contributed by atoms with van der Waals surface area (Å²) in [6.07, 6.45) is 4.05. The van der Waals surface area contributed by atoms with E-state index in [1.54, 1.807) is 12.3 Å². The third-order valence-electron chi connectivity index (χ3n) is 5.85. The minimum Gasteiger partial charge on any atom is -0.392 e. The first-order chi connectivity index (χ1) is 11.8. The second-order valence-corrected chi connectivity index (χ2v) is 8.63. The Morgan fingerprint density at radius 3 is 2.80 bits per heavy atom. The molecule has 1 saturated carbocycles. The summed E-state index contributed by atoms with van der Waals surface area (Å²) in [7, 11) is 0. The summed E-state index contributed by atoms with van der Waals surface area (Å²) in [6, 6.07) is -0.0325. The number of fused-ring (bicyclic) bond motifs is 1. The first-order valence-corrected chi connectivity index (χ1v) is 9.88. The monoisotopic (exact) mass is 365 g/mol. The van der Waals surface area contributed by atoms with Crippen LogP contribution >= 0.6 is 11.3 Å². The number of hydrogen-bond acceptors (Lipinski definition) is 5. The number of aryl methyl sites for hydroxylation is 1. The molecule has 1 aliphatic carbocycles. The van der Waals surface area contributed by atoms with Crippen LogP contribution in [0.3, 0.4) is 0 Å². The van der Waals surface area contributed by atoms with Crippen molar-refractivity contribution in [2.75, 3.05) is 6.54 Å². The molecule has 0 unspecified atom stereocenters. The van der Waals surface area contributed by atoms with Crippen molar-refractivity contribution in [3.8, 4) is 0 Å². The second-order valence-electron chi connectivity index (χ2n) is 7.57. The van der Waals surface area contributed by atoms with Gasteiger partial charge in [-0.2, -0.15) is 0 Å². The number of nitrogens with zero attached hydrogens (tertiary/aromatic N) is 2. The van der Waals surface area contributed by atoms with Gasteiger partial charge in [0, 0.05) is 30.3 Å². The summed E-state index contributed by atoms with van der Waals surface area (Å²) < 4.78 is 0. The minimum absolute atomic E-state index is 0.0200. The summed E-state index contributed by atoms with van der Waals surface area (Å²) in [5.41, 5.74) is 0.129. The van der Waals surface area contributed by atoms with Gasteiger partial charge in [-0.05, 0) is 26.2 Å². The van der Waals surface area contributed by atoms with Crippen LogP contribution in [0.5, 0.6) is 0 Å². The zero-order chi connectivity index (χ0) is 18.2. The molecule has 2 aliphatic rings. The number of amides is 2. The third kappa shape index (κ3) is 3.44. The molecule has 2 fully saturated rings. The van der Waals surface area contributed by atoms with Gasteiger partial charge in [0.2, 0.25) is 5.91 Å². The molecule has 4 atom stereocenters. The van der Waals surface area contributed by atoms with Gasteiger partial charge >= 0.3 is 0 Å². The first-order valence-electron chi connectivity index (χ1n) is 9.00. The Hall–Kier alpha value is -1.47. The van der Waals surface area contributed by atoms with Crippen molar-refractivity contribution in [1.29, 1.82) is 0 Å². The van der Waals surface area contributed by atoms with E-state index in [1.807, 2.05) is 11.8 Å². The van der Waals surface area contributed by atoms with Gasteiger partial charge in [-0.3, -0.25) is 9.59 Å². The van der Waals surface area contributed by atoms with E-state index in [2.05, 4.69) is 17.2 Å². The van der Waals surface area contributed by atoms with Crippen molar-refractivity contribution in [3.05, 3.63) is 16.1 Å². The Bertz CT molecular complexity index is 662. The lowest BCUT2D eigenvalue weighted by molar-refractivity contribution is -0.133. The topological polar surface area (TPSA) is 82.5 Å². The fraction of sp³-hybridized carbons (Fsp3) is 0.722. The van der Waals surface area contributed by atoms with Crippen molar-refractivity contribution >= 4 is 23.2 Å². The highest BCUT2D eigenvalue weighted by atomic mass is 32.1. The van der Waals surface area contributed by atoms with Crippen molar-refractivity contribution in [2.45, 2.75) is 71.1 Å². The fourth-order valence-corrected chi connectivity index (χ4v) is 5.16. The van der Waals surface area contributed by atoms with Crippen LogP contribution in [0.2, 0.25) is 0 Å². The maximum atomic E-state index is 12.3. The predicted octanol–water partition coefficient (Wildman–Crippen LogP) is 2.11. The van der Waals surface area contributed by atoms with Crippen LogP contribution in [0.4, 0.5) is 0 Å². The van der Waals surface area contributed by atoms with Crippen LogP contribution < -0.4 is 5.32 Å². The third-order valence-corrected chi connectivity index (χ3v) is 6.62. The van der Waals surface area contributed by atoms with Gasteiger partial charge in [0.25, 0.3) is 5.91 Å². The molecule has 6 nitrogen and oxygen atoms in total. The lowest BCUT2D eigenvalue weighted by Crippen LogP contribution is -2.48. The Balaban J connectivity index is 1.74. The number of nitrogens with one attached hydrogen (secondary N) is 1. The molecular formula is C18H27N3O3S. The summed E-state index contributed by atoms with van der Waals surface area (Å²) in [4.78, 5) is 30.7. The average molecular weight is 365 g/mol. The number of rotatable bonds is 3. The summed E-state index contributed by atoms with van der Waals surface area (Å²) in [6.45, 7) is 5.94. The Morgan fingerprint density at radius 2 is 2.16 bits per heavy atom. The van der Waals surface area contributed by atoms with E-state index < -0.39 is 6.10 Å². The van der Waals surface area contributed by atoms with Gasteiger partial charge in [0.15, 0.2) is 0 Å². The van der Waals surface area contributed by atoms with E-state index in [0.29, 0.717) is 12.2 Å². The largest absolute Gasteiger partial charge is 0.392 e. The zero-order valence-corrected chi connectivity index (χ0v) is 15.9. The van der Waals surface area contributed by atoms with Crippen LogP contribution in [0, 0.1) is 12.3 Å². The molecule has 0 bridgehead atoms. The first kappa shape index (κ1) is 18.3. The van der Waals surface area contributed by atoms with Crippen LogP contribution in [0.1, 0.15) is 61.4 Å². The highest BCUT2D eigenvalue weighted by molar-refractivity contribution is 7.09. The molecule has 0 spiro atoms. The van der Waals surface area contributed by atoms with Crippen molar-refractivity contribution in [1.82, 2.24) is 15.2 Å². The van der Waals surface area contributed by atoms with E-state index in [0.717, 1.165) is 37.1 Å². The van der Waals surface area contributed by atoms with Gasteiger partial charge in [-0.15, -0.1) is 11.3 Å². The van der Waals surface area contributed by atoms with Crippen LogP contribution in [-0.4, -0.2) is 51.5 Å². The lowest BCUT2D eigenvalue weighted by Gasteiger charge is -2.37. The Labute approximate surface area is 152 Å². The molecule has 2 N–H and O–H groups in total. The number of likely N-dealkylation sites (tertiary alicyclic amines) is 1. The Morgan fingerprint density at radius 1 is 1.44 bits per heavy atom. The number of carbonyl (C=O) groups is 2. The molecule has 1 aliphatic heterocycles. The van der Waals surface area contributed by atoms with Crippen LogP contribution in [0.15, 0.2) is 5.38 Å². The molecule has 1 aromatic rings. The second kappa shape index (κ2) is 7.03. The number of hydrogen-bond donors (Lipinski definition) is 2. The summed E-state index contributed by atoms with van der Waals surface area (Å²) in [5, 5.41) is 16.2. The maximum absolute atomic E-state index is 12.3. The zero-order valence-electron chi connectivity index (χ0n) is 15.1. The van der Waals surface area contributed by atoms with Crippen molar-refractivity contribution < 1.29 is 14.7 Å². The molecular weight excluding hydrogens is 338 g/mol. The van der Waals surface area contributed by atoms with E-state index in [-0.39, 0.29) is 29.3 Å². The normalized spacial score (nSPS) is 32.2. The maximum Gasteiger partial charge on any atom is 0.270 e. The molecule has 1 aromatic heterocycles. The van der Waals surface area contributed by atoms with E-state index in [1.165, 1.54) is 11.3 Å². The minimum atomic E-state index is -0.399. The average Bonchev–Trinajstić information content (AvgIpc) is 3.07. The number of carbonyl (C=O) groups excluding carboxylic acids is 2. The molecule has 2 amide bonds. The predicted molar refractivity (Wildman–Crippen MR) is 96.5 cm³/mol. The molecule has 2 heterocycles. The smallest absolute Gasteiger partial charge is 0.270 e. The standard InChI is InChI=1S/C18H27N3O3S/c1-11-20-14(10-25-11)17(24)19-9-13-8-18(3)15(21(13)12(2)22)6-4-5-7-16(18)23/h10,13,15-16,23H,4-9H2,1-3H3,(H,19,24)/t13-,15-,16+,18-/m1/s1. The highest BCUT2D eigenvalue weighted by Gasteiger charge is 2.54. The van der Waals surface area contributed by atoms with Gasteiger partial charge < -0.3 is 15.3 Å². The van der Waals surface area contributed by atoms with E-state index in [9.17, 15) is 14.7 Å². The van der Waals surface area contributed by atoms with E-state index in [4.69, 9.17) is 0 Å². The summed E-state index contributed by atoms with van der Waals surface area (Å²) >= 11 is 1.45. The number of aromatic nitrogens is 1. The molecule has 0 aromatic carbocycles. The number of aliphatic hydroxyl groups excluding tert-OH is 1. The fourth-order valence-electron chi connectivity index (χ4n) is 4.56. The number of aliphatic hydroxyl groups is 1. The lowest BCUT2D eigenvalue weighted by atomic mass is 9.75. The van der Waals surface area contributed by atoms with Crippen LogP contribution in [0.25, 0.3) is 0 Å². The van der Waals surface area contributed by atoms with Gasteiger partial charge in [-0.25, -0.2) is 4.98 Å². The van der Waals surface area contributed by atoms with E-state index >= 15 is 0 Å². The molecule has 3 rings (SSSR count). The summed E-state index contributed by atoms with van der Waals surface area (Å²) in [5.74, 6) is -0.183. The SMILES string of the molecule is CC(=O)N1[C@@H](CNC(=O)c2csc(C)n2)C[C@@]2(C)[C@@H](O)CCCC[C@@H]12. The van der Waals surface area contributed by atoms with Crippen LogP contribution in [-0.2, 0) is 4.79 Å².